The summed E-state index contributed by atoms with van der Waals surface area (Å²) < 4.78 is 0. The van der Waals surface area contributed by atoms with Gasteiger partial charge in [-0.2, -0.15) is 0 Å². The van der Waals surface area contributed by atoms with Crippen LogP contribution in [0.25, 0.3) is 11.1 Å². The predicted molar refractivity (Wildman–Crippen MR) is 191 cm³/mol. The zero-order valence-corrected chi connectivity index (χ0v) is 29.7. The fraction of sp³-hybridized carbons (Fsp3) is 0.512. The van der Waals surface area contributed by atoms with Gasteiger partial charge in [0, 0.05) is 0 Å². The van der Waals surface area contributed by atoms with Gasteiger partial charge in [0.2, 0.25) is 0 Å². The molecular formula is C41H60N2Ni. The molecule has 0 spiro atoms. The maximum absolute atomic E-state index is 9.37. The number of aryl methyl sites for hydroxylation is 2. The van der Waals surface area contributed by atoms with Crippen LogP contribution in [0.15, 0.2) is 81.9 Å². The summed E-state index contributed by atoms with van der Waals surface area (Å²) in [4.78, 5) is 3.33. The molecule has 0 unspecified atom stereocenters. The molecule has 0 atom stereocenters. The van der Waals surface area contributed by atoms with Crippen LogP contribution in [0, 0.1) is 6.92 Å². The first kappa shape index (κ1) is 39.3. The molecule has 0 fully saturated rings. The van der Waals surface area contributed by atoms with Crippen LogP contribution in [0.5, 0.6) is 0 Å². The van der Waals surface area contributed by atoms with Crippen molar-refractivity contribution in [2.24, 2.45) is 0 Å². The molecule has 2 nitrogen and oxygen atoms in total. The number of benzene rings is 2. The van der Waals surface area contributed by atoms with E-state index in [4.69, 9.17) is 0 Å². The Hall–Kier alpha value is -2.69. The molecule has 2 aromatic rings. The van der Waals surface area contributed by atoms with Crippen LogP contribution in [0.1, 0.15) is 147 Å². The third-order valence-corrected chi connectivity index (χ3v) is 8.35. The van der Waals surface area contributed by atoms with Gasteiger partial charge in [0.25, 0.3) is 0 Å². The van der Waals surface area contributed by atoms with Crippen LogP contribution in [0.3, 0.4) is 0 Å². The Kier molecular flexibility index (Phi) is 23.9. The van der Waals surface area contributed by atoms with Gasteiger partial charge in [-0.15, -0.1) is 4.79 Å². The molecule has 0 amide bonds. The van der Waals surface area contributed by atoms with Gasteiger partial charge in [0.15, 0.2) is 0 Å². The molecule has 0 aliphatic rings. The molecule has 0 saturated carbocycles. The molecule has 0 aliphatic heterocycles. The van der Waals surface area contributed by atoms with E-state index in [0.717, 1.165) is 50.5 Å². The summed E-state index contributed by atoms with van der Waals surface area (Å²) in [5.74, 6) is 2.94. The van der Waals surface area contributed by atoms with Crippen LogP contribution < -0.4 is 0 Å². The normalized spacial score (nSPS) is 11.7. The summed E-state index contributed by atoms with van der Waals surface area (Å²) in [5, 5.41) is 4.43. The van der Waals surface area contributed by atoms with Crippen molar-refractivity contribution < 1.29 is 19.2 Å². The van der Waals surface area contributed by atoms with Crippen LogP contribution >= 0.6 is 0 Å². The molecule has 0 aromatic heterocycles. The van der Waals surface area contributed by atoms with Gasteiger partial charge in [-0.05, 0) is 73.3 Å². The van der Waals surface area contributed by atoms with Gasteiger partial charge in [0.05, 0.1) is 5.57 Å². The first-order chi connectivity index (χ1) is 21.6. The van der Waals surface area contributed by atoms with Crippen molar-refractivity contribution >= 4 is 11.4 Å². The number of nitrogens with zero attached hydrogens (tertiary/aromatic N) is 2. The molecular weight excluding hydrogens is 579 g/mol. The van der Waals surface area contributed by atoms with Crippen molar-refractivity contribution in [3.8, 4) is 0 Å². The second-order valence-electron chi connectivity index (χ2n) is 11.5. The molecule has 0 heterocycles. The number of unbranched alkanes of at least 4 members (excludes halogenated alkanes) is 7. The average molecular weight is 640 g/mol. The molecule has 3 heteroatoms. The minimum absolute atomic E-state index is 0.878. The van der Waals surface area contributed by atoms with Crippen molar-refractivity contribution in [3.63, 3.8) is 0 Å². The average Bonchev–Trinajstić information content (AvgIpc) is 3.04. The molecule has 244 valence electrons. The van der Waals surface area contributed by atoms with Crippen LogP contribution in [-0.4, -0.2) is 10.7 Å². The van der Waals surface area contributed by atoms with Gasteiger partial charge in [0.1, 0.15) is 0 Å². The maximum atomic E-state index is 9.37. The first-order valence-corrected chi connectivity index (χ1v) is 18.4. The molecule has 0 aliphatic carbocycles. The fourth-order valence-electron chi connectivity index (χ4n) is 4.87. The van der Waals surface area contributed by atoms with Gasteiger partial charge >= 0.3 is 94.9 Å². The van der Waals surface area contributed by atoms with Crippen molar-refractivity contribution in [2.75, 3.05) is 0 Å². The van der Waals surface area contributed by atoms with E-state index in [9.17, 15) is 5.53 Å². The Balaban J connectivity index is 0.000000627. The van der Waals surface area contributed by atoms with Crippen molar-refractivity contribution in [2.45, 2.75) is 138 Å². The van der Waals surface area contributed by atoms with Crippen molar-refractivity contribution in [1.82, 2.24) is 0 Å². The monoisotopic (exact) mass is 638 g/mol. The first-order valence-electron chi connectivity index (χ1n) is 17.3. The van der Waals surface area contributed by atoms with Crippen LogP contribution in [-0.2, 0) is 20.9 Å². The third kappa shape index (κ3) is 17.0. The summed E-state index contributed by atoms with van der Waals surface area (Å²) in [6, 6.07) is 17.8. The third-order valence-electron chi connectivity index (χ3n) is 7.50. The SMILES string of the molecule is CCCCC(=C=[N+]=[N-])C(CCCC)=C(c1ccc(CCCC)cc1)c1cccc(C)c1.CCCCC=[CH][Ni][CH]=CCCCC. The van der Waals surface area contributed by atoms with Crippen LogP contribution in [0.2, 0.25) is 0 Å². The molecule has 2 aromatic carbocycles. The van der Waals surface area contributed by atoms with Crippen LogP contribution in [0.4, 0.5) is 0 Å². The number of hydrogen-bond donors (Lipinski definition) is 0. The fourth-order valence-corrected chi connectivity index (χ4v) is 5.58. The van der Waals surface area contributed by atoms with Gasteiger partial charge in [-0.25, -0.2) is 0 Å². The number of rotatable bonds is 20. The van der Waals surface area contributed by atoms with E-state index in [1.54, 1.807) is 14.4 Å². The molecule has 0 saturated heterocycles. The Morgan fingerprint density at radius 3 is 1.86 bits per heavy atom. The summed E-state index contributed by atoms with van der Waals surface area (Å²) in [5.41, 5.74) is 18.0. The second kappa shape index (κ2) is 26.7. The Labute approximate surface area is 277 Å². The van der Waals surface area contributed by atoms with E-state index < -0.39 is 0 Å². The summed E-state index contributed by atoms with van der Waals surface area (Å²) in [7, 11) is 0. The van der Waals surface area contributed by atoms with E-state index in [2.05, 4.69) is 123 Å². The van der Waals surface area contributed by atoms with Gasteiger partial charge in [-0.1, -0.05) is 94.1 Å². The standard InChI is InChI=1S/C29H38N2.2C6H11.Ni/c1-5-8-13-24-17-19-25(20-18-24)29(26-15-11-12-23(4)21-26)28(16-10-7-3)27(22-31-30)14-9-6-2;2*1-3-5-6-4-2;/h11-12,15,17-21H,5-10,13-14,16H2,1-4H3;2*1,3H,4-6H2,2H3;. The van der Waals surface area contributed by atoms with E-state index in [1.807, 2.05) is 0 Å². The quantitative estimate of drug-likeness (QED) is 0.0345. The second-order valence-corrected chi connectivity index (χ2v) is 12.5. The molecule has 0 N–H and O–H groups in total. The number of hydrogen-bond acceptors (Lipinski definition) is 0. The summed E-state index contributed by atoms with van der Waals surface area (Å²) in [6.07, 6.45) is 22.0. The van der Waals surface area contributed by atoms with E-state index in [0.29, 0.717) is 0 Å². The summed E-state index contributed by atoms with van der Waals surface area (Å²) >= 11 is 1.62. The zero-order chi connectivity index (χ0) is 32.3. The Morgan fingerprint density at radius 2 is 1.32 bits per heavy atom. The minimum atomic E-state index is 0.878. The van der Waals surface area contributed by atoms with E-state index >= 15 is 0 Å². The van der Waals surface area contributed by atoms with Gasteiger partial charge < -0.3 is 5.53 Å². The molecule has 2 rings (SSSR count). The molecule has 0 bridgehead atoms. The molecule has 0 radical (unpaired) electrons. The van der Waals surface area contributed by atoms with E-state index in [-0.39, 0.29) is 0 Å². The van der Waals surface area contributed by atoms with Crippen molar-refractivity contribution in [1.29, 1.82) is 0 Å². The summed E-state index contributed by atoms with van der Waals surface area (Å²) in [6.45, 7) is 13.3. The van der Waals surface area contributed by atoms with E-state index in [1.165, 1.54) is 84.8 Å². The topological polar surface area (TPSA) is 36.4 Å². The Morgan fingerprint density at radius 1 is 0.727 bits per heavy atom. The van der Waals surface area contributed by atoms with Crippen molar-refractivity contribution in [3.05, 3.63) is 110 Å². The zero-order valence-electron chi connectivity index (χ0n) is 28.7. The number of allylic oxidation sites excluding steroid dienone is 4. The van der Waals surface area contributed by atoms with Gasteiger partial charge in [-0.3, -0.25) is 0 Å². The predicted octanol–water partition coefficient (Wildman–Crippen LogP) is 12.8. The molecule has 44 heavy (non-hydrogen) atoms. The Bertz CT molecular complexity index is 1190.